The fraction of sp³-hybridized carbons (Fsp3) is 0.878. The Hall–Kier alpha value is -1.25. The SMILES string of the molecule is C=C1C[C@@H]2CCC34C[C@@]5(C)O[C@H]6[C@@H](O3)[C@H]3OC(CC[C@@H]3O[C@H]6[C@H]5O4)CC(=O)C[C@@H]3[C@@H](C)[C@@H](C[C@H](O)CN)O[C@H]3CC3O[C@@H](CCC1O2)C[C@@H](C)C3=C. The third-order valence-electron chi connectivity index (χ3n) is 14.6. The minimum absolute atomic E-state index is 0.00566. The van der Waals surface area contributed by atoms with Gasteiger partial charge >= 0.3 is 0 Å². The third-order valence-corrected chi connectivity index (χ3v) is 14.6. The van der Waals surface area contributed by atoms with Crippen molar-refractivity contribution in [1.29, 1.82) is 0 Å². The predicted molar refractivity (Wildman–Crippen MR) is 189 cm³/mol. The lowest BCUT2D eigenvalue weighted by Gasteiger charge is -2.47. The van der Waals surface area contributed by atoms with E-state index < -0.39 is 17.5 Å². The molecule has 0 amide bonds. The average Bonchev–Trinajstić information content (AvgIpc) is 3.73. The molecule has 1 spiro atoms. The Labute approximate surface area is 308 Å². The highest BCUT2D eigenvalue weighted by atomic mass is 16.8. The van der Waals surface area contributed by atoms with Crippen LogP contribution in [0.2, 0.25) is 0 Å². The van der Waals surface area contributed by atoms with Crippen molar-refractivity contribution < 1.29 is 47.8 Å². The Morgan fingerprint density at radius 3 is 2.40 bits per heavy atom. The van der Waals surface area contributed by atoms with Crippen molar-refractivity contribution in [3.05, 3.63) is 24.3 Å². The van der Waals surface area contributed by atoms with Crippen LogP contribution >= 0.6 is 0 Å². The van der Waals surface area contributed by atoms with E-state index in [9.17, 15) is 9.90 Å². The van der Waals surface area contributed by atoms with Crippen LogP contribution in [0.25, 0.3) is 0 Å². The lowest BCUT2D eigenvalue weighted by molar-refractivity contribution is -0.294. The molecule has 0 radical (unpaired) electrons. The minimum atomic E-state index is -0.803. The van der Waals surface area contributed by atoms with E-state index in [1.54, 1.807) is 0 Å². The molecular weight excluding hydrogens is 666 g/mol. The molecule has 0 aromatic heterocycles. The molecule has 10 aliphatic rings. The van der Waals surface area contributed by atoms with Gasteiger partial charge in [-0.25, -0.2) is 0 Å². The van der Waals surface area contributed by atoms with Gasteiger partial charge in [-0.1, -0.05) is 27.0 Å². The summed E-state index contributed by atoms with van der Waals surface area (Å²) < 4.78 is 54.5. The van der Waals surface area contributed by atoms with Crippen LogP contribution in [0.15, 0.2) is 24.3 Å². The Kier molecular flexibility index (Phi) is 9.62. The van der Waals surface area contributed by atoms with E-state index in [1.165, 1.54) is 0 Å². The maximum atomic E-state index is 14.0. The van der Waals surface area contributed by atoms with Crippen LogP contribution in [-0.2, 0) is 42.7 Å². The summed E-state index contributed by atoms with van der Waals surface area (Å²) in [6.45, 7) is 15.6. The monoisotopic (exact) mass is 727 g/mol. The van der Waals surface area contributed by atoms with Crippen LogP contribution in [0, 0.1) is 17.8 Å². The number of ether oxygens (including phenoxy) is 8. The quantitative estimate of drug-likeness (QED) is 0.399. The summed E-state index contributed by atoms with van der Waals surface area (Å²) >= 11 is 0. The van der Waals surface area contributed by atoms with Gasteiger partial charge in [0.15, 0.2) is 5.79 Å². The molecule has 19 atom stereocenters. The number of rotatable bonds is 3. The second-order valence-electron chi connectivity index (χ2n) is 18.3. The van der Waals surface area contributed by atoms with E-state index in [0.29, 0.717) is 44.4 Å². The third kappa shape index (κ3) is 6.40. The largest absolute Gasteiger partial charge is 0.392 e. The van der Waals surface area contributed by atoms with Crippen LogP contribution < -0.4 is 5.73 Å². The molecule has 10 saturated heterocycles. The molecule has 4 unspecified atom stereocenters. The zero-order valence-corrected chi connectivity index (χ0v) is 31.3. The molecule has 10 heterocycles. The molecule has 0 aromatic rings. The maximum Gasteiger partial charge on any atom is 0.172 e. The summed E-state index contributed by atoms with van der Waals surface area (Å²) in [5.41, 5.74) is 7.57. The van der Waals surface area contributed by atoms with Crippen LogP contribution in [-0.4, -0.2) is 114 Å². The molecule has 0 saturated carbocycles. The lowest BCUT2D eigenvalue weighted by Crippen LogP contribution is -2.61. The first-order valence-corrected chi connectivity index (χ1v) is 20.5. The van der Waals surface area contributed by atoms with Crippen LogP contribution in [0.3, 0.4) is 0 Å². The second-order valence-corrected chi connectivity index (χ2v) is 18.3. The summed E-state index contributed by atoms with van der Waals surface area (Å²) in [6.07, 6.45) is 6.17. The van der Waals surface area contributed by atoms with Crippen molar-refractivity contribution in [2.45, 2.75) is 201 Å². The maximum absolute atomic E-state index is 14.0. The number of aliphatic hydroxyl groups is 1. The van der Waals surface area contributed by atoms with Crippen LogP contribution in [0.4, 0.5) is 0 Å². The Morgan fingerprint density at radius 2 is 1.58 bits per heavy atom. The van der Waals surface area contributed by atoms with Gasteiger partial charge in [0.2, 0.25) is 0 Å². The number of ketones is 1. The molecule has 290 valence electrons. The van der Waals surface area contributed by atoms with Gasteiger partial charge in [0.05, 0.1) is 54.9 Å². The van der Waals surface area contributed by atoms with E-state index in [1.807, 2.05) is 0 Å². The van der Waals surface area contributed by atoms with Gasteiger partial charge in [-0.05, 0) is 80.8 Å². The normalized spacial score (nSPS) is 53.8. The molecule has 12 bridgehead atoms. The number of fused-ring (bicyclic) bond motifs is 6. The van der Waals surface area contributed by atoms with Gasteiger partial charge in [0.1, 0.15) is 41.9 Å². The Morgan fingerprint density at radius 1 is 0.808 bits per heavy atom. The van der Waals surface area contributed by atoms with Gasteiger partial charge in [0, 0.05) is 45.1 Å². The summed E-state index contributed by atoms with van der Waals surface area (Å²) in [5.74, 6) is -0.272. The van der Waals surface area contributed by atoms with Gasteiger partial charge in [-0.3, -0.25) is 4.79 Å². The highest BCUT2D eigenvalue weighted by molar-refractivity contribution is 5.79. The van der Waals surface area contributed by atoms with E-state index in [2.05, 4.69) is 33.9 Å². The zero-order chi connectivity index (χ0) is 36.1. The van der Waals surface area contributed by atoms with Gasteiger partial charge < -0.3 is 48.7 Å². The summed E-state index contributed by atoms with van der Waals surface area (Å²) in [5, 5.41) is 10.5. The van der Waals surface area contributed by atoms with Gasteiger partial charge in [-0.15, -0.1) is 0 Å². The van der Waals surface area contributed by atoms with Gasteiger partial charge in [-0.2, -0.15) is 0 Å². The lowest BCUT2D eigenvalue weighted by atomic mass is 9.78. The number of Topliss-reactive ketones (excluding diaryl/α,β-unsaturated/α-hetero) is 1. The highest BCUT2D eigenvalue weighted by Gasteiger charge is 2.73. The van der Waals surface area contributed by atoms with E-state index >= 15 is 0 Å². The fourth-order valence-electron chi connectivity index (χ4n) is 11.7. The number of carbonyl (C=O) groups is 1. The predicted octanol–water partition coefficient (Wildman–Crippen LogP) is 4.45. The minimum Gasteiger partial charge on any atom is -0.392 e. The first-order chi connectivity index (χ1) is 24.9. The van der Waals surface area contributed by atoms with Crippen molar-refractivity contribution in [2.24, 2.45) is 23.5 Å². The number of carbonyl (C=O) groups excluding carboxylic acids is 1. The number of hydrogen-bond acceptors (Lipinski definition) is 11. The van der Waals surface area contributed by atoms with Crippen LogP contribution in [0.1, 0.15) is 104 Å². The Bertz CT molecular complexity index is 1410. The summed E-state index contributed by atoms with van der Waals surface area (Å²) in [7, 11) is 0. The molecule has 10 fully saturated rings. The smallest absolute Gasteiger partial charge is 0.172 e. The number of hydrogen-bond donors (Lipinski definition) is 2. The molecule has 0 aliphatic carbocycles. The van der Waals surface area contributed by atoms with Crippen molar-refractivity contribution in [3.63, 3.8) is 0 Å². The van der Waals surface area contributed by atoms with E-state index in [4.69, 9.17) is 43.6 Å². The topological polar surface area (TPSA) is 137 Å². The molecule has 0 aromatic carbocycles. The van der Waals surface area contributed by atoms with Crippen molar-refractivity contribution >= 4 is 5.78 Å². The molecule has 10 aliphatic heterocycles. The number of aliphatic hydroxyl groups excluding tert-OH is 1. The second kappa shape index (κ2) is 13.7. The Balaban J connectivity index is 0.994. The molecule has 3 N–H and O–H groups in total. The molecule has 52 heavy (non-hydrogen) atoms. The first-order valence-electron chi connectivity index (χ1n) is 20.5. The van der Waals surface area contributed by atoms with Crippen molar-refractivity contribution in [2.75, 3.05) is 6.54 Å². The number of nitrogens with two attached hydrogens (primary N) is 1. The average molecular weight is 728 g/mol. The van der Waals surface area contributed by atoms with Crippen LogP contribution in [0.5, 0.6) is 0 Å². The molecule has 10 rings (SSSR count). The van der Waals surface area contributed by atoms with E-state index in [-0.39, 0.29) is 104 Å². The van der Waals surface area contributed by atoms with Gasteiger partial charge in [0.25, 0.3) is 0 Å². The standard InChI is InChI=1S/C41H61NO10/c1-20-12-26-6-8-30-21(2)13-28(45-30)10-11-41-19-40(5)39(52-41)38-37(50-40)36(51-41)35-31(49-38)9-7-27(47-35)14-24(43)15-29-23(4)32(16-25(44)18-42)48-34(29)17-33(46-26)22(20)3/h20,23,25-39,44H,2-3,6-19,42H2,1,4-5H3/t20-,23-,25+,26+,27?,28+,29-,30?,31+,32-,33?,34+,35+,36+,37+,38-,39-,40-,41?/m1/s1. The van der Waals surface area contributed by atoms with Crippen molar-refractivity contribution in [1.82, 2.24) is 0 Å². The molecule has 11 heteroatoms. The zero-order valence-electron chi connectivity index (χ0n) is 31.3. The molecule has 11 nitrogen and oxygen atoms in total. The van der Waals surface area contributed by atoms with Crippen molar-refractivity contribution in [3.8, 4) is 0 Å². The fourth-order valence-corrected chi connectivity index (χ4v) is 11.7. The first kappa shape index (κ1) is 36.4. The summed E-state index contributed by atoms with van der Waals surface area (Å²) in [6, 6.07) is 0. The molecular formula is C41H61NO10. The summed E-state index contributed by atoms with van der Waals surface area (Å²) in [4.78, 5) is 14.0. The highest BCUT2D eigenvalue weighted by Crippen LogP contribution is 2.58. The van der Waals surface area contributed by atoms with E-state index in [0.717, 1.165) is 56.1 Å².